The van der Waals surface area contributed by atoms with Crippen LogP contribution in [-0.4, -0.2) is 24.0 Å². The number of hydrogen-bond donors (Lipinski definition) is 1. The van der Waals surface area contributed by atoms with Crippen LogP contribution in [0, 0.1) is 10.1 Å². The van der Waals surface area contributed by atoms with Crippen molar-refractivity contribution in [1.29, 1.82) is 0 Å². The van der Waals surface area contributed by atoms with E-state index >= 15 is 0 Å². The summed E-state index contributed by atoms with van der Waals surface area (Å²) in [7, 11) is 0. The van der Waals surface area contributed by atoms with Crippen molar-refractivity contribution in [1.82, 2.24) is 5.32 Å². The molecule has 31 heavy (non-hydrogen) atoms. The lowest BCUT2D eigenvalue weighted by atomic mass is 9.78. The highest BCUT2D eigenvalue weighted by Crippen LogP contribution is 2.43. The Kier molecular flexibility index (Phi) is 7.60. The molecule has 6 nitrogen and oxygen atoms in total. The van der Waals surface area contributed by atoms with Crippen LogP contribution in [0.2, 0.25) is 0 Å². The second-order valence-electron chi connectivity index (χ2n) is 7.44. The summed E-state index contributed by atoms with van der Waals surface area (Å²) < 4.78 is 5.38. The number of ether oxygens (including phenoxy) is 1. The summed E-state index contributed by atoms with van der Waals surface area (Å²) in [4.78, 5) is 24.4. The van der Waals surface area contributed by atoms with Crippen molar-refractivity contribution < 1.29 is 14.5 Å². The summed E-state index contributed by atoms with van der Waals surface area (Å²) in [6.07, 6.45) is 4.42. The molecule has 1 aliphatic carbocycles. The van der Waals surface area contributed by atoms with Gasteiger partial charge in [0, 0.05) is 29.8 Å². The van der Waals surface area contributed by atoms with E-state index in [0.29, 0.717) is 29.8 Å². The van der Waals surface area contributed by atoms with Gasteiger partial charge in [-0.2, -0.15) is 0 Å². The molecule has 0 aromatic heterocycles. The highest BCUT2D eigenvalue weighted by Gasteiger charge is 2.35. The van der Waals surface area contributed by atoms with Crippen LogP contribution in [0.15, 0.2) is 71.9 Å². The molecule has 0 fully saturated rings. The molecule has 1 unspecified atom stereocenters. The van der Waals surface area contributed by atoms with Crippen molar-refractivity contribution in [3.8, 4) is 0 Å². The van der Waals surface area contributed by atoms with E-state index in [-0.39, 0.29) is 17.2 Å². The Bertz CT molecular complexity index is 996. The molecule has 0 spiro atoms. The molecule has 0 amide bonds. The standard InChI is InChI=1S/C25H28N2O4/c1-3-5-15-26-22-17-19(18-11-7-6-8-12-18)16-21(24(22)25(28)31-4-2)20-13-9-10-14-23(20)27(29)30/h6-14,17,21,26H,3-5,15-16H2,1-2H3. The van der Waals surface area contributed by atoms with Crippen molar-refractivity contribution in [2.45, 2.75) is 39.0 Å². The van der Waals surface area contributed by atoms with E-state index in [0.717, 1.165) is 24.0 Å². The summed E-state index contributed by atoms with van der Waals surface area (Å²) >= 11 is 0. The van der Waals surface area contributed by atoms with Crippen LogP contribution in [0.4, 0.5) is 5.69 Å². The number of nitro groups is 1. The summed E-state index contributed by atoms with van der Waals surface area (Å²) in [5, 5.41) is 15.1. The first-order valence-electron chi connectivity index (χ1n) is 10.7. The smallest absolute Gasteiger partial charge is 0.336 e. The third-order valence-corrected chi connectivity index (χ3v) is 5.38. The topological polar surface area (TPSA) is 81.5 Å². The zero-order valence-corrected chi connectivity index (χ0v) is 18.0. The summed E-state index contributed by atoms with van der Waals surface area (Å²) in [6.45, 7) is 4.81. The molecule has 1 N–H and O–H groups in total. The van der Waals surface area contributed by atoms with E-state index in [2.05, 4.69) is 12.2 Å². The molecule has 0 aliphatic heterocycles. The molecule has 2 aromatic rings. The molecule has 3 rings (SSSR count). The average molecular weight is 421 g/mol. The van der Waals surface area contributed by atoms with Crippen LogP contribution in [0.3, 0.4) is 0 Å². The molecule has 2 aromatic carbocycles. The average Bonchev–Trinajstić information content (AvgIpc) is 2.79. The zero-order valence-electron chi connectivity index (χ0n) is 18.0. The van der Waals surface area contributed by atoms with Gasteiger partial charge in [-0.3, -0.25) is 10.1 Å². The number of nitro benzene ring substituents is 1. The molecule has 0 saturated heterocycles. The number of carbonyl (C=O) groups is 1. The number of nitrogens with zero attached hydrogens (tertiary/aromatic N) is 1. The van der Waals surface area contributed by atoms with Gasteiger partial charge >= 0.3 is 5.97 Å². The minimum atomic E-state index is -0.481. The lowest BCUT2D eigenvalue weighted by Gasteiger charge is -2.28. The van der Waals surface area contributed by atoms with Crippen molar-refractivity contribution in [2.75, 3.05) is 13.2 Å². The van der Waals surface area contributed by atoms with Gasteiger partial charge in [-0.25, -0.2) is 4.79 Å². The summed E-state index contributed by atoms with van der Waals surface area (Å²) in [5.41, 5.74) is 3.72. The van der Waals surface area contributed by atoms with Crippen LogP contribution in [0.5, 0.6) is 0 Å². The predicted molar refractivity (Wildman–Crippen MR) is 121 cm³/mol. The fourth-order valence-corrected chi connectivity index (χ4v) is 3.90. The fraction of sp³-hybridized carbons (Fsp3) is 0.320. The quantitative estimate of drug-likeness (QED) is 0.255. The van der Waals surface area contributed by atoms with Crippen LogP contribution >= 0.6 is 0 Å². The van der Waals surface area contributed by atoms with E-state index in [4.69, 9.17) is 4.74 Å². The van der Waals surface area contributed by atoms with E-state index in [1.807, 2.05) is 36.4 Å². The molecule has 162 valence electrons. The van der Waals surface area contributed by atoms with Gasteiger partial charge in [0.05, 0.1) is 17.1 Å². The van der Waals surface area contributed by atoms with Gasteiger partial charge in [0.25, 0.3) is 5.69 Å². The predicted octanol–water partition coefficient (Wildman–Crippen LogP) is 5.37. The number of nitrogens with one attached hydrogen (secondary N) is 1. The first kappa shape index (κ1) is 22.3. The molecule has 0 heterocycles. The number of hydrogen-bond acceptors (Lipinski definition) is 5. The first-order valence-corrected chi connectivity index (χ1v) is 10.7. The van der Waals surface area contributed by atoms with E-state index < -0.39 is 11.9 Å². The Morgan fingerprint density at radius 2 is 1.84 bits per heavy atom. The summed E-state index contributed by atoms with van der Waals surface area (Å²) in [6, 6.07) is 16.6. The van der Waals surface area contributed by atoms with E-state index in [1.54, 1.807) is 25.1 Å². The van der Waals surface area contributed by atoms with E-state index in [9.17, 15) is 14.9 Å². The van der Waals surface area contributed by atoms with Gasteiger partial charge < -0.3 is 10.1 Å². The van der Waals surface area contributed by atoms with Crippen molar-refractivity contribution in [3.63, 3.8) is 0 Å². The van der Waals surface area contributed by atoms with Crippen molar-refractivity contribution >= 4 is 17.2 Å². The third kappa shape index (κ3) is 5.20. The van der Waals surface area contributed by atoms with Crippen molar-refractivity contribution in [3.05, 3.63) is 93.2 Å². The van der Waals surface area contributed by atoms with Gasteiger partial charge in [0.15, 0.2) is 0 Å². The normalized spacial score (nSPS) is 15.9. The monoisotopic (exact) mass is 420 g/mol. The van der Waals surface area contributed by atoms with Crippen LogP contribution < -0.4 is 5.32 Å². The molecule has 0 radical (unpaired) electrons. The van der Waals surface area contributed by atoms with Crippen LogP contribution in [0.1, 0.15) is 50.2 Å². The van der Waals surface area contributed by atoms with Crippen molar-refractivity contribution in [2.24, 2.45) is 0 Å². The third-order valence-electron chi connectivity index (χ3n) is 5.38. The lowest BCUT2D eigenvalue weighted by Crippen LogP contribution is -2.27. The number of unbranched alkanes of at least 4 members (excludes halogenated alkanes) is 1. The maximum atomic E-state index is 13.0. The second kappa shape index (κ2) is 10.6. The number of esters is 1. The second-order valence-corrected chi connectivity index (χ2v) is 7.44. The Morgan fingerprint density at radius 3 is 2.52 bits per heavy atom. The minimum absolute atomic E-state index is 0.0107. The molecular formula is C25H28N2O4. The molecule has 0 saturated carbocycles. The summed E-state index contributed by atoms with van der Waals surface area (Å²) in [5.74, 6) is -0.919. The molecule has 6 heteroatoms. The maximum Gasteiger partial charge on any atom is 0.336 e. The van der Waals surface area contributed by atoms with Crippen LogP contribution in [-0.2, 0) is 9.53 Å². The SMILES string of the molecule is CCCCNC1=C(C(=O)OCC)C(c2ccccc2[N+](=O)[O-])CC(c2ccccc2)=C1. The van der Waals surface area contributed by atoms with Gasteiger partial charge in [-0.05, 0) is 37.0 Å². The van der Waals surface area contributed by atoms with Gasteiger partial charge in [-0.15, -0.1) is 0 Å². The molecule has 1 aliphatic rings. The number of para-hydroxylation sites is 1. The van der Waals surface area contributed by atoms with E-state index in [1.165, 1.54) is 6.07 Å². The maximum absolute atomic E-state index is 13.0. The highest BCUT2D eigenvalue weighted by atomic mass is 16.6. The Balaban J connectivity index is 2.18. The largest absolute Gasteiger partial charge is 0.463 e. The number of allylic oxidation sites excluding steroid dienone is 2. The van der Waals surface area contributed by atoms with Gasteiger partial charge in [0.2, 0.25) is 0 Å². The highest BCUT2D eigenvalue weighted by molar-refractivity contribution is 5.94. The Morgan fingerprint density at radius 1 is 1.13 bits per heavy atom. The lowest BCUT2D eigenvalue weighted by molar-refractivity contribution is -0.385. The number of carbonyl (C=O) groups excluding carboxylic acids is 1. The Hall–Kier alpha value is -3.41. The number of benzene rings is 2. The number of rotatable bonds is 9. The molecule has 1 atom stereocenters. The zero-order chi connectivity index (χ0) is 22.2. The Labute approximate surface area is 182 Å². The van der Waals surface area contributed by atoms with Crippen LogP contribution in [0.25, 0.3) is 5.57 Å². The van der Waals surface area contributed by atoms with Gasteiger partial charge in [-0.1, -0.05) is 61.9 Å². The molecular weight excluding hydrogens is 392 g/mol. The minimum Gasteiger partial charge on any atom is -0.463 e. The molecule has 0 bridgehead atoms. The fourth-order valence-electron chi connectivity index (χ4n) is 3.90. The first-order chi connectivity index (χ1) is 15.1. The van der Waals surface area contributed by atoms with Gasteiger partial charge in [0.1, 0.15) is 0 Å².